The number of carbonyl (C=O) groups excluding carboxylic acids is 2. The van der Waals surface area contributed by atoms with Crippen LogP contribution in [0.1, 0.15) is 17.5 Å². The molecule has 6 heteroatoms. The molecule has 1 aliphatic rings. The Hall–Kier alpha value is -2.89. The normalized spacial score (nSPS) is 11.7. The van der Waals surface area contributed by atoms with Crippen LogP contribution in [0.3, 0.4) is 0 Å². The second kappa shape index (κ2) is 13.1. The highest BCUT2D eigenvalue weighted by atomic mass is 79.9. The monoisotopic (exact) mass is 596 g/mol. The third-order valence-corrected chi connectivity index (χ3v) is 7.19. The molecule has 0 bridgehead atoms. The first-order valence-corrected chi connectivity index (χ1v) is 12.7. The minimum absolute atomic E-state index is 0.205. The molecule has 170 valence electrons. The largest absolute Gasteiger partial charge is 0.373 e. The Morgan fingerprint density at radius 2 is 1.41 bits per heavy atom. The van der Waals surface area contributed by atoms with Crippen LogP contribution in [0, 0.1) is 5.82 Å². The summed E-state index contributed by atoms with van der Waals surface area (Å²) in [5, 5.41) is 2.03. The topological polar surface area (TPSA) is 34.1 Å². The third kappa shape index (κ3) is 7.57. The molecule has 0 radical (unpaired) electrons. The van der Waals surface area contributed by atoms with Crippen molar-refractivity contribution in [2.24, 2.45) is 0 Å². The zero-order valence-corrected chi connectivity index (χ0v) is 21.9. The summed E-state index contributed by atoms with van der Waals surface area (Å²) in [6, 6.07) is 27.6. The van der Waals surface area contributed by atoms with E-state index in [2.05, 4.69) is 92.5 Å². The van der Waals surface area contributed by atoms with E-state index in [1.54, 1.807) is 11.3 Å². The highest BCUT2D eigenvalue weighted by Gasteiger charge is 2.11. The lowest BCUT2D eigenvalue weighted by Gasteiger charge is -2.06. The van der Waals surface area contributed by atoms with E-state index in [1.807, 2.05) is 29.6 Å². The number of hydrogen-bond donors (Lipinski definition) is 0. The number of rotatable bonds is 3. The lowest BCUT2D eigenvalue weighted by Crippen LogP contribution is -1.83. The summed E-state index contributed by atoms with van der Waals surface area (Å²) in [5.74, 6) is -0.205. The van der Waals surface area contributed by atoms with Crippen molar-refractivity contribution in [2.45, 2.75) is 6.42 Å². The van der Waals surface area contributed by atoms with Crippen LogP contribution in [0.2, 0.25) is 0 Å². The Balaban J connectivity index is 0.000000272. The quantitative estimate of drug-likeness (QED) is 0.236. The first-order valence-electron chi connectivity index (χ1n) is 10.2. The van der Waals surface area contributed by atoms with E-state index in [-0.39, 0.29) is 12.0 Å². The maximum Gasteiger partial charge on any atom is 0.373 e. The van der Waals surface area contributed by atoms with Crippen molar-refractivity contribution in [1.82, 2.24) is 0 Å². The summed E-state index contributed by atoms with van der Waals surface area (Å²) in [7, 11) is 0. The van der Waals surface area contributed by atoms with Gasteiger partial charge in [-0.05, 0) is 95.9 Å². The maximum absolute atomic E-state index is 13.1. The van der Waals surface area contributed by atoms with Gasteiger partial charge in [0.15, 0.2) is 0 Å². The third-order valence-electron chi connectivity index (χ3n) is 4.93. The Bertz CT molecular complexity index is 1300. The van der Waals surface area contributed by atoms with Crippen molar-refractivity contribution in [1.29, 1.82) is 0 Å². The summed E-state index contributed by atoms with van der Waals surface area (Å²) in [6.07, 6.45) is 5.74. The van der Waals surface area contributed by atoms with Gasteiger partial charge in [-0.3, -0.25) is 0 Å². The summed E-state index contributed by atoms with van der Waals surface area (Å²) >= 11 is 8.31. The molecule has 0 saturated heterocycles. The zero-order chi connectivity index (χ0) is 24.3. The van der Waals surface area contributed by atoms with Crippen molar-refractivity contribution in [3.63, 3.8) is 0 Å². The molecule has 4 aromatic rings. The molecule has 5 rings (SSSR count). The average molecular weight is 598 g/mol. The standard InChI is InChI=1S/C23H17F.C4H2Br2S.CO2/c24-23-13-11-18(12-14-23)19-7-4-8-20(15-19)22-10-9-21(16-22)17-5-2-1-3-6-17;5-3-1-4(6)7-2-3;2-1-3/h1-8,10-16H,9H2;1-2H;. The van der Waals surface area contributed by atoms with Crippen LogP contribution in [0.25, 0.3) is 22.3 Å². The Labute approximate surface area is 218 Å². The van der Waals surface area contributed by atoms with Gasteiger partial charge in [0, 0.05) is 9.85 Å². The fourth-order valence-corrected chi connectivity index (χ4v) is 5.37. The van der Waals surface area contributed by atoms with E-state index in [0.29, 0.717) is 0 Å². The van der Waals surface area contributed by atoms with E-state index in [1.165, 1.54) is 38.2 Å². The van der Waals surface area contributed by atoms with Crippen LogP contribution < -0.4 is 0 Å². The first kappa shape index (κ1) is 25.7. The van der Waals surface area contributed by atoms with Crippen LogP contribution in [0.15, 0.2) is 111 Å². The fourth-order valence-electron chi connectivity index (χ4n) is 3.39. The van der Waals surface area contributed by atoms with Crippen molar-refractivity contribution in [3.8, 4) is 11.1 Å². The molecule has 1 aliphatic carbocycles. The molecule has 0 saturated carbocycles. The number of benzene rings is 3. The van der Waals surface area contributed by atoms with E-state index in [9.17, 15) is 4.39 Å². The number of allylic oxidation sites excluding steroid dienone is 4. The van der Waals surface area contributed by atoms with Crippen molar-refractivity contribution < 1.29 is 14.0 Å². The summed E-state index contributed by atoms with van der Waals surface area (Å²) in [5.41, 5.74) is 7.20. The van der Waals surface area contributed by atoms with Crippen LogP contribution in [-0.2, 0) is 9.59 Å². The van der Waals surface area contributed by atoms with E-state index in [0.717, 1.165) is 22.0 Å². The van der Waals surface area contributed by atoms with Gasteiger partial charge in [-0.25, -0.2) is 4.39 Å². The number of thiophene rings is 1. The van der Waals surface area contributed by atoms with Gasteiger partial charge in [0.2, 0.25) is 0 Å². The predicted octanol–water partition coefficient (Wildman–Crippen LogP) is 9.05. The Morgan fingerprint density at radius 1 is 0.765 bits per heavy atom. The molecule has 0 amide bonds. The molecule has 34 heavy (non-hydrogen) atoms. The van der Waals surface area contributed by atoms with Gasteiger partial charge in [-0.2, -0.15) is 9.59 Å². The second-order valence-corrected chi connectivity index (χ2v) is 10.3. The van der Waals surface area contributed by atoms with Crippen molar-refractivity contribution in [3.05, 3.63) is 128 Å². The summed E-state index contributed by atoms with van der Waals surface area (Å²) < 4.78 is 15.4. The molecular weight excluding hydrogens is 579 g/mol. The van der Waals surface area contributed by atoms with Gasteiger partial charge in [-0.15, -0.1) is 11.3 Å². The van der Waals surface area contributed by atoms with E-state index < -0.39 is 0 Å². The van der Waals surface area contributed by atoms with Crippen LogP contribution in [0.4, 0.5) is 4.39 Å². The SMILES string of the molecule is Brc1csc(Br)c1.Fc1ccc(-c2cccc(C3=CCC(c4ccccc4)=C3)c2)cc1.O=C=O. The van der Waals surface area contributed by atoms with Crippen molar-refractivity contribution in [2.75, 3.05) is 0 Å². The molecule has 1 aromatic heterocycles. The molecule has 1 heterocycles. The molecular formula is C28H19Br2FO2S. The lowest BCUT2D eigenvalue weighted by molar-refractivity contribution is -0.191. The number of halogens is 3. The van der Waals surface area contributed by atoms with Crippen LogP contribution in [0.5, 0.6) is 0 Å². The molecule has 0 fully saturated rings. The number of hydrogen-bond acceptors (Lipinski definition) is 3. The molecule has 0 N–H and O–H groups in total. The van der Waals surface area contributed by atoms with Crippen molar-refractivity contribution >= 4 is 60.5 Å². The van der Waals surface area contributed by atoms with E-state index in [4.69, 9.17) is 9.59 Å². The molecule has 3 aromatic carbocycles. The minimum Gasteiger partial charge on any atom is -0.207 e. The Morgan fingerprint density at radius 3 is 2.00 bits per heavy atom. The first-order chi connectivity index (χ1) is 16.5. The summed E-state index contributed by atoms with van der Waals surface area (Å²) in [4.78, 5) is 16.2. The zero-order valence-electron chi connectivity index (χ0n) is 17.9. The van der Waals surface area contributed by atoms with E-state index >= 15 is 0 Å². The molecule has 0 atom stereocenters. The molecule has 0 spiro atoms. The maximum atomic E-state index is 13.1. The van der Waals surface area contributed by atoms with Gasteiger partial charge in [0.25, 0.3) is 0 Å². The van der Waals surface area contributed by atoms with Gasteiger partial charge < -0.3 is 0 Å². The second-order valence-electron chi connectivity index (χ2n) is 7.14. The molecule has 0 aliphatic heterocycles. The fraction of sp³-hybridized carbons (Fsp3) is 0.0357. The molecule has 2 nitrogen and oxygen atoms in total. The summed E-state index contributed by atoms with van der Waals surface area (Å²) in [6.45, 7) is 0. The van der Waals surface area contributed by atoms with Gasteiger partial charge in [0.05, 0.1) is 3.79 Å². The lowest BCUT2D eigenvalue weighted by atomic mass is 9.99. The van der Waals surface area contributed by atoms with Crippen LogP contribution >= 0.6 is 43.2 Å². The predicted molar refractivity (Wildman–Crippen MR) is 144 cm³/mol. The smallest absolute Gasteiger partial charge is 0.207 e. The van der Waals surface area contributed by atoms with Gasteiger partial charge >= 0.3 is 6.15 Å². The average Bonchev–Trinajstić information content (AvgIpc) is 3.50. The van der Waals surface area contributed by atoms with Gasteiger partial charge in [0.1, 0.15) is 5.82 Å². The molecule has 0 unspecified atom stereocenters. The minimum atomic E-state index is -0.205. The van der Waals surface area contributed by atoms with Gasteiger partial charge in [-0.1, -0.05) is 72.8 Å². The highest BCUT2D eigenvalue weighted by molar-refractivity contribution is 9.11. The Kier molecular flexibility index (Phi) is 9.92. The van der Waals surface area contributed by atoms with Crippen LogP contribution in [-0.4, -0.2) is 6.15 Å². The highest BCUT2D eigenvalue weighted by Crippen LogP contribution is 2.33.